The van der Waals surface area contributed by atoms with Crippen LogP contribution in [0.5, 0.6) is 5.75 Å². The number of pyridine rings is 1. The molecule has 1 aromatic carbocycles. The highest BCUT2D eigenvalue weighted by atomic mass is 35.5. The van der Waals surface area contributed by atoms with Crippen molar-refractivity contribution >= 4 is 23.3 Å². The Hall–Kier alpha value is -2.31. The van der Waals surface area contributed by atoms with Gasteiger partial charge in [0.2, 0.25) is 0 Å². The molecule has 0 unspecified atom stereocenters. The number of hydrogen-bond acceptors (Lipinski definition) is 3. The van der Waals surface area contributed by atoms with E-state index in [1.165, 1.54) is 6.07 Å². The molecule has 0 saturated heterocycles. The van der Waals surface area contributed by atoms with Crippen LogP contribution < -0.4 is 0 Å². The minimum absolute atomic E-state index is 0.0187. The summed E-state index contributed by atoms with van der Waals surface area (Å²) in [7, 11) is 0. The van der Waals surface area contributed by atoms with Crippen molar-refractivity contribution in [1.29, 1.82) is 5.26 Å². The molecular weight excluding hydrogens is 248 g/mol. The van der Waals surface area contributed by atoms with Crippen molar-refractivity contribution in [3.63, 3.8) is 0 Å². The van der Waals surface area contributed by atoms with E-state index < -0.39 is 0 Å². The van der Waals surface area contributed by atoms with Crippen molar-refractivity contribution in [1.82, 2.24) is 4.98 Å². The lowest BCUT2D eigenvalue weighted by Crippen LogP contribution is -1.85. The Labute approximate surface area is 110 Å². The van der Waals surface area contributed by atoms with E-state index in [2.05, 4.69) is 11.1 Å². The van der Waals surface area contributed by atoms with Gasteiger partial charge in [0.05, 0.1) is 16.3 Å². The van der Waals surface area contributed by atoms with Crippen molar-refractivity contribution in [3.8, 4) is 11.8 Å². The van der Waals surface area contributed by atoms with Gasteiger partial charge >= 0.3 is 0 Å². The summed E-state index contributed by atoms with van der Waals surface area (Å²) in [5.74, 6) is 0.0187. The maximum atomic E-state index is 9.32. The molecule has 0 atom stereocenters. The molecule has 1 heterocycles. The zero-order chi connectivity index (χ0) is 13.0. The summed E-state index contributed by atoms with van der Waals surface area (Å²) < 4.78 is 0. The summed E-state index contributed by atoms with van der Waals surface area (Å²) >= 11 is 5.81. The zero-order valence-corrected chi connectivity index (χ0v) is 10.1. The number of benzene rings is 1. The van der Waals surface area contributed by atoms with Crippen molar-refractivity contribution in [2.75, 3.05) is 0 Å². The maximum Gasteiger partial charge on any atom is 0.134 e. The van der Waals surface area contributed by atoms with E-state index in [0.717, 1.165) is 5.56 Å². The number of nitriles is 1. The van der Waals surface area contributed by atoms with Crippen molar-refractivity contribution < 1.29 is 5.11 Å². The summed E-state index contributed by atoms with van der Waals surface area (Å²) in [6.45, 7) is 0. The van der Waals surface area contributed by atoms with Crippen LogP contribution in [-0.2, 0) is 0 Å². The molecule has 0 aliphatic carbocycles. The number of nitrogens with zero attached hydrogens (tertiary/aromatic N) is 2. The summed E-state index contributed by atoms with van der Waals surface area (Å²) in [5, 5.41) is 18.7. The Morgan fingerprint density at radius 1 is 1.33 bits per heavy atom. The van der Waals surface area contributed by atoms with E-state index in [0.29, 0.717) is 11.3 Å². The lowest BCUT2D eigenvalue weighted by Gasteiger charge is -2.00. The second kappa shape index (κ2) is 5.35. The molecule has 0 saturated carbocycles. The molecule has 2 aromatic rings. The summed E-state index contributed by atoms with van der Waals surface area (Å²) in [6.07, 6.45) is 3.30. The average molecular weight is 257 g/mol. The van der Waals surface area contributed by atoms with Crippen LogP contribution in [0.3, 0.4) is 0 Å². The first-order valence-corrected chi connectivity index (χ1v) is 5.60. The van der Waals surface area contributed by atoms with Gasteiger partial charge in [-0.1, -0.05) is 23.7 Å². The Balaban J connectivity index is 2.42. The van der Waals surface area contributed by atoms with Gasteiger partial charge in [-0.05, 0) is 35.9 Å². The van der Waals surface area contributed by atoms with E-state index in [-0.39, 0.29) is 10.8 Å². The molecule has 2 rings (SSSR count). The van der Waals surface area contributed by atoms with Crippen LogP contribution in [0.25, 0.3) is 11.6 Å². The second-order valence-electron chi connectivity index (χ2n) is 3.60. The largest absolute Gasteiger partial charge is 0.506 e. The lowest BCUT2D eigenvalue weighted by atomic mass is 10.1. The third-order valence-corrected chi connectivity index (χ3v) is 2.65. The minimum Gasteiger partial charge on any atom is -0.506 e. The molecule has 0 bridgehead atoms. The van der Waals surface area contributed by atoms with E-state index in [1.807, 2.05) is 6.07 Å². The molecule has 0 amide bonds. The third-order valence-electron chi connectivity index (χ3n) is 2.34. The first-order valence-electron chi connectivity index (χ1n) is 5.22. The highest BCUT2D eigenvalue weighted by molar-refractivity contribution is 6.32. The number of halogens is 1. The smallest absolute Gasteiger partial charge is 0.134 e. The number of phenolic OH excluding ortho intramolecular Hbond substituents is 1. The monoisotopic (exact) mass is 256 g/mol. The Bertz CT molecular complexity index is 630. The van der Waals surface area contributed by atoms with Crippen LogP contribution >= 0.6 is 11.6 Å². The highest BCUT2D eigenvalue weighted by Gasteiger charge is 2.03. The number of aromatic nitrogens is 1. The van der Waals surface area contributed by atoms with Gasteiger partial charge in [0.25, 0.3) is 0 Å². The molecule has 0 radical (unpaired) electrons. The summed E-state index contributed by atoms with van der Waals surface area (Å²) in [6, 6.07) is 12.2. The number of rotatable bonds is 2. The normalized spacial score (nSPS) is 11.0. The minimum atomic E-state index is 0.0187. The number of allylic oxidation sites excluding steroid dienone is 1. The van der Waals surface area contributed by atoms with Crippen LogP contribution in [0.15, 0.2) is 42.6 Å². The zero-order valence-electron chi connectivity index (χ0n) is 9.34. The molecule has 1 aromatic heterocycles. The summed E-state index contributed by atoms with van der Waals surface area (Å²) in [4.78, 5) is 4.11. The molecule has 4 heteroatoms. The third kappa shape index (κ3) is 2.68. The molecule has 3 nitrogen and oxygen atoms in total. The van der Waals surface area contributed by atoms with E-state index in [1.54, 1.807) is 36.5 Å². The number of aromatic hydroxyl groups is 1. The average Bonchev–Trinajstić information content (AvgIpc) is 2.41. The van der Waals surface area contributed by atoms with Gasteiger partial charge in [0.1, 0.15) is 11.8 Å². The molecule has 88 valence electrons. The van der Waals surface area contributed by atoms with Crippen LogP contribution in [0.2, 0.25) is 5.02 Å². The van der Waals surface area contributed by atoms with Gasteiger partial charge in [-0.25, -0.2) is 0 Å². The van der Waals surface area contributed by atoms with Crippen molar-refractivity contribution in [2.45, 2.75) is 0 Å². The Kier molecular flexibility index (Phi) is 3.61. The quantitative estimate of drug-likeness (QED) is 0.837. The molecule has 0 fully saturated rings. The first-order chi connectivity index (χ1) is 8.70. The highest BCUT2D eigenvalue weighted by Crippen LogP contribution is 2.25. The van der Waals surface area contributed by atoms with E-state index in [4.69, 9.17) is 16.9 Å². The Morgan fingerprint density at radius 2 is 2.17 bits per heavy atom. The van der Waals surface area contributed by atoms with Gasteiger partial charge in [0.15, 0.2) is 0 Å². The maximum absolute atomic E-state index is 9.32. The standard InChI is InChI=1S/C14H9ClN2O/c15-12-8-10(4-5-14(12)18)7-11(9-16)13-3-1-2-6-17-13/h1-8,18H/b11-7-. The summed E-state index contributed by atoms with van der Waals surface area (Å²) in [5.41, 5.74) is 1.78. The SMILES string of the molecule is N#C/C(=C/c1ccc(O)c(Cl)c1)c1ccccn1. The fraction of sp³-hybridized carbons (Fsp3) is 0. The predicted molar refractivity (Wildman–Crippen MR) is 70.8 cm³/mol. The van der Waals surface area contributed by atoms with Crippen LogP contribution in [0.4, 0.5) is 0 Å². The fourth-order valence-electron chi connectivity index (χ4n) is 1.47. The molecule has 0 aliphatic heterocycles. The van der Waals surface area contributed by atoms with Gasteiger partial charge in [-0.2, -0.15) is 5.26 Å². The number of phenols is 1. The molecule has 1 N–H and O–H groups in total. The van der Waals surface area contributed by atoms with Crippen molar-refractivity contribution in [2.24, 2.45) is 0 Å². The fourth-order valence-corrected chi connectivity index (χ4v) is 1.65. The van der Waals surface area contributed by atoms with Crippen LogP contribution in [-0.4, -0.2) is 10.1 Å². The molecular formula is C14H9ClN2O. The van der Waals surface area contributed by atoms with E-state index in [9.17, 15) is 5.11 Å². The topological polar surface area (TPSA) is 56.9 Å². The Morgan fingerprint density at radius 3 is 2.78 bits per heavy atom. The van der Waals surface area contributed by atoms with Gasteiger partial charge in [-0.3, -0.25) is 4.98 Å². The van der Waals surface area contributed by atoms with Gasteiger partial charge < -0.3 is 5.11 Å². The first kappa shape index (κ1) is 12.2. The molecule has 18 heavy (non-hydrogen) atoms. The van der Waals surface area contributed by atoms with Gasteiger partial charge in [-0.15, -0.1) is 0 Å². The van der Waals surface area contributed by atoms with Gasteiger partial charge in [0, 0.05) is 6.20 Å². The van der Waals surface area contributed by atoms with Crippen LogP contribution in [0.1, 0.15) is 11.3 Å². The number of hydrogen-bond donors (Lipinski definition) is 1. The molecule has 0 spiro atoms. The van der Waals surface area contributed by atoms with E-state index >= 15 is 0 Å². The second-order valence-corrected chi connectivity index (χ2v) is 4.00. The van der Waals surface area contributed by atoms with Crippen LogP contribution in [0, 0.1) is 11.3 Å². The molecule has 0 aliphatic rings. The predicted octanol–water partition coefficient (Wildman–Crippen LogP) is 3.50. The van der Waals surface area contributed by atoms with Crippen molar-refractivity contribution in [3.05, 3.63) is 58.9 Å². The lowest BCUT2D eigenvalue weighted by molar-refractivity contribution is 0.475.